The maximum atomic E-state index is 12.0. The summed E-state index contributed by atoms with van der Waals surface area (Å²) in [6.45, 7) is 0.503. The zero-order chi connectivity index (χ0) is 15.2. The number of hydrogen-bond acceptors (Lipinski definition) is 3. The van der Waals surface area contributed by atoms with Gasteiger partial charge in [0.25, 0.3) is 5.91 Å². The molecule has 0 aliphatic heterocycles. The highest BCUT2D eigenvalue weighted by Crippen LogP contribution is 2.20. The van der Waals surface area contributed by atoms with Gasteiger partial charge in [0.1, 0.15) is 12.4 Å². The van der Waals surface area contributed by atoms with Crippen molar-refractivity contribution in [1.29, 1.82) is 0 Å². The molecule has 3 nitrogen and oxygen atoms in total. The van der Waals surface area contributed by atoms with E-state index in [1.165, 1.54) is 11.3 Å². The van der Waals surface area contributed by atoms with Gasteiger partial charge in [0, 0.05) is 11.8 Å². The Kier molecular flexibility index (Phi) is 4.51. The lowest BCUT2D eigenvalue weighted by Gasteiger charge is -2.09. The van der Waals surface area contributed by atoms with E-state index in [4.69, 9.17) is 4.74 Å². The topological polar surface area (TPSA) is 38.3 Å². The van der Waals surface area contributed by atoms with Gasteiger partial charge in [-0.15, -0.1) is 11.3 Å². The van der Waals surface area contributed by atoms with Gasteiger partial charge in [-0.1, -0.05) is 42.5 Å². The van der Waals surface area contributed by atoms with Gasteiger partial charge >= 0.3 is 0 Å². The highest BCUT2D eigenvalue weighted by molar-refractivity contribution is 7.12. The molecule has 0 aliphatic rings. The van der Waals surface area contributed by atoms with Crippen molar-refractivity contribution in [3.8, 4) is 5.75 Å². The fourth-order valence-corrected chi connectivity index (χ4v) is 2.62. The predicted octanol–water partition coefficient (Wildman–Crippen LogP) is 4.58. The minimum Gasteiger partial charge on any atom is -0.489 e. The fraction of sp³-hybridized carbons (Fsp3) is 0.0556. The van der Waals surface area contributed by atoms with Gasteiger partial charge in [-0.3, -0.25) is 4.79 Å². The number of nitrogens with one attached hydrogen (secondary N) is 1. The van der Waals surface area contributed by atoms with Gasteiger partial charge in [0.15, 0.2) is 0 Å². The first-order chi connectivity index (χ1) is 10.8. The molecule has 4 heteroatoms. The first kappa shape index (κ1) is 14.4. The number of carbonyl (C=O) groups is 1. The molecule has 0 spiro atoms. The Morgan fingerprint density at radius 3 is 2.64 bits per heavy atom. The third-order valence-corrected chi connectivity index (χ3v) is 3.95. The third-order valence-electron chi connectivity index (χ3n) is 3.09. The van der Waals surface area contributed by atoms with E-state index in [0.717, 1.165) is 17.0 Å². The minimum absolute atomic E-state index is 0.102. The molecule has 0 saturated carbocycles. The molecule has 0 atom stereocenters. The molecule has 1 amide bonds. The van der Waals surface area contributed by atoms with Crippen LogP contribution in [0.5, 0.6) is 5.75 Å². The number of anilines is 1. The van der Waals surface area contributed by atoms with E-state index in [1.54, 1.807) is 6.07 Å². The molecule has 0 aliphatic carbocycles. The van der Waals surface area contributed by atoms with Crippen molar-refractivity contribution in [2.45, 2.75) is 6.61 Å². The molecule has 1 aromatic heterocycles. The quantitative estimate of drug-likeness (QED) is 0.749. The van der Waals surface area contributed by atoms with Crippen LogP contribution < -0.4 is 10.1 Å². The van der Waals surface area contributed by atoms with Gasteiger partial charge in [-0.2, -0.15) is 0 Å². The number of thiophene rings is 1. The summed E-state index contributed by atoms with van der Waals surface area (Å²) in [4.78, 5) is 12.7. The molecule has 110 valence electrons. The highest BCUT2D eigenvalue weighted by atomic mass is 32.1. The summed E-state index contributed by atoms with van der Waals surface area (Å²) in [6.07, 6.45) is 0. The SMILES string of the molecule is O=C(Nc1cccc(OCc2ccccc2)c1)c1cccs1. The molecular formula is C18H15NO2S. The Balaban J connectivity index is 1.64. The molecule has 3 rings (SSSR count). The lowest BCUT2D eigenvalue weighted by Crippen LogP contribution is -2.10. The van der Waals surface area contributed by atoms with Gasteiger partial charge < -0.3 is 10.1 Å². The molecular weight excluding hydrogens is 294 g/mol. The molecule has 1 N–H and O–H groups in total. The molecule has 3 aromatic rings. The van der Waals surface area contributed by atoms with Crippen LogP contribution in [0.4, 0.5) is 5.69 Å². The van der Waals surface area contributed by atoms with E-state index in [-0.39, 0.29) is 5.91 Å². The van der Waals surface area contributed by atoms with Crippen molar-refractivity contribution in [3.05, 3.63) is 82.6 Å². The summed E-state index contributed by atoms with van der Waals surface area (Å²) < 4.78 is 5.76. The van der Waals surface area contributed by atoms with Crippen LogP contribution >= 0.6 is 11.3 Å². The molecule has 0 radical (unpaired) electrons. The summed E-state index contributed by atoms with van der Waals surface area (Å²) in [6, 6.07) is 21.1. The third kappa shape index (κ3) is 3.74. The van der Waals surface area contributed by atoms with E-state index in [0.29, 0.717) is 11.5 Å². The van der Waals surface area contributed by atoms with Crippen molar-refractivity contribution in [1.82, 2.24) is 0 Å². The van der Waals surface area contributed by atoms with Crippen molar-refractivity contribution in [2.75, 3.05) is 5.32 Å². The second kappa shape index (κ2) is 6.91. The fourth-order valence-electron chi connectivity index (χ4n) is 2.00. The van der Waals surface area contributed by atoms with Crippen LogP contribution in [0.25, 0.3) is 0 Å². The molecule has 0 unspecified atom stereocenters. The zero-order valence-corrected chi connectivity index (χ0v) is 12.7. The Labute approximate surface area is 133 Å². The first-order valence-corrected chi connectivity index (χ1v) is 7.81. The van der Waals surface area contributed by atoms with E-state index >= 15 is 0 Å². The van der Waals surface area contributed by atoms with Crippen LogP contribution in [0.15, 0.2) is 72.1 Å². The Hall–Kier alpha value is -2.59. The van der Waals surface area contributed by atoms with E-state index in [1.807, 2.05) is 66.0 Å². The van der Waals surface area contributed by atoms with Gasteiger partial charge in [-0.25, -0.2) is 0 Å². The van der Waals surface area contributed by atoms with Crippen molar-refractivity contribution in [3.63, 3.8) is 0 Å². The van der Waals surface area contributed by atoms with E-state index < -0.39 is 0 Å². The van der Waals surface area contributed by atoms with Crippen LogP contribution in [0.3, 0.4) is 0 Å². The Bertz CT molecular complexity index is 739. The van der Waals surface area contributed by atoms with Crippen LogP contribution in [0.2, 0.25) is 0 Å². The van der Waals surface area contributed by atoms with Crippen LogP contribution in [0, 0.1) is 0 Å². The van der Waals surface area contributed by atoms with E-state index in [2.05, 4.69) is 5.32 Å². The molecule has 2 aromatic carbocycles. The predicted molar refractivity (Wildman–Crippen MR) is 89.5 cm³/mol. The summed E-state index contributed by atoms with van der Waals surface area (Å²) in [5.74, 6) is 0.628. The van der Waals surface area contributed by atoms with Crippen molar-refractivity contribution in [2.24, 2.45) is 0 Å². The Morgan fingerprint density at radius 1 is 1.00 bits per heavy atom. The average Bonchev–Trinajstić information content (AvgIpc) is 3.09. The van der Waals surface area contributed by atoms with Crippen LogP contribution in [0.1, 0.15) is 15.2 Å². The second-order valence-corrected chi connectivity index (χ2v) is 5.68. The lowest BCUT2D eigenvalue weighted by atomic mass is 10.2. The normalized spacial score (nSPS) is 10.2. The van der Waals surface area contributed by atoms with Crippen molar-refractivity contribution >= 4 is 22.9 Å². The summed E-state index contributed by atoms with van der Waals surface area (Å²) in [5.41, 5.74) is 1.83. The molecule has 22 heavy (non-hydrogen) atoms. The smallest absolute Gasteiger partial charge is 0.265 e. The highest BCUT2D eigenvalue weighted by Gasteiger charge is 2.07. The minimum atomic E-state index is -0.102. The van der Waals surface area contributed by atoms with Gasteiger partial charge in [0.05, 0.1) is 4.88 Å². The maximum absolute atomic E-state index is 12.0. The standard InChI is InChI=1S/C18H15NO2S/c20-18(17-10-5-11-22-17)19-15-8-4-9-16(12-15)21-13-14-6-2-1-3-7-14/h1-12H,13H2,(H,19,20). The van der Waals surface area contributed by atoms with Crippen molar-refractivity contribution < 1.29 is 9.53 Å². The number of rotatable bonds is 5. The number of benzene rings is 2. The average molecular weight is 309 g/mol. The van der Waals surface area contributed by atoms with Gasteiger partial charge in [0.2, 0.25) is 0 Å². The number of carbonyl (C=O) groups excluding carboxylic acids is 1. The van der Waals surface area contributed by atoms with Gasteiger partial charge in [-0.05, 0) is 29.1 Å². The van der Waals surface area contributed by atoms with E-state index in [9.17, 15) is 4.79 Å². The Morgan fingerprint density at radius 2 is 1.86 bits per heavy atom. The second-order valence-electron chi connectivity index (χ2n) is 4.73. The largest absolute Gasteiger partial charge is 0.489 e. The first-order valence-electron chi connectivity index (χ1n) is 6.93. The molecule has 1 heterocycles. The zero-order valence-electron chi connectivity index (χ0n) is 11.9. The molecule has 0 fully saturated rings. The summed E-state index contributed by atoms with van der Waals surface area (Å²) in [5, 5.41) is 4.76. The number of ether oxygens (including phenoxy) is 1. The van der Waals surface area contributed by atoms with Crippen LogP contribution in [-0.2, 0) is 6.61 Å². The molecule has 0 bridgehead atoms. The van der Waals surface area contributed by atoms with Crippen LogP contribution in [-0.4, -0.2) is 5.91 Å². The number of amides is 1. The maximum Gasteiger partial charge on any atom is 0.265 e. The lowest BCUT2D eigenvalue weighted by molar-refractivity contribution is 0.103. The number of hydrogen-bond donors (Lipinski definition) is 1. The summed E-state index contributed by atoms with van der Waals surface area (Å²) in [7, 11) is 0. The monoisotopic (exact) mass is 309 g/mol. The molecule has 0 saturated heterocycles. The summed E-state index contributed by atoms with van der Waals surface area (Å²) >= 11 is 1.42.